The third-order valence-electron chi connectivity index (χ3n) is 4.15. The summed E-state index contributed by atoms with van der Waals surface area (Å²) >= 11 is 0. The summed E-state index contributed by atoms with van der Waals surface area (Å²) in [6, 6.07) is 11.0. The van der Waals surface area contributed by atoms with E-state index in [-0.39, 0.29) is 27.7 Å². The molecule has 1 saturated heterocycles. The average Bonchev–Trinajstić information content (AvgIpc) is 3.16. The number of para-hydroxylation sites is 1. The lowest BCUT2D eigenvalue weighted by Gasteiger charge is -2.18. The summed E-state index contributed by atoms with van der Waals surface area (Å²) in [7, 11) is -3.98. The van der Waals surface area contributed by atoms with Crippen molar-refractivity contribution >= 4 is 27.3 Å². The summed E-state index contributed by atoms with van der Waals surface area (Å²) in [6.07, 6.45) is 1.87. The fourth-order valence-corrected chi connectivity index (χ4v) is 3.88. The molecule has 0 bridgehead atoms. The second-order valence-corrected chi connectivity index (χ2v) is 7.58. The van der Waals surface area contributed by atoms with Crippen molar-refractivity contribution in [2.75, 3.05) is 17.8 Å². The van der Waals surface area contributed by atoms with Crippen molar-refractivity contribution in [3.63, 3.8) is 0 Å². The highest BCUT2D eigenvalue weighted by molar-refractivity contribution is 7.92. The number of sulfonamides is 1. The zero-order valence-electron chi connectivity index (χ0n) is 13.8. The molecule has 1 amide bonds. The highest BCUT2D eigenvalue weighted by Gasteiger charge is 2.24. The Labute approximate surface area is 150 Å². The molecule has 8 nitrogen and oxygen atoms in total. The Morgan fingerprint density at radius 2 is 1.65 bits per heavy atom. The Morgan fingerprint density at radius 3 is 2.27 bits per heavy atom. The standard InChI is InChI=1S/C17H17N3O5S/c21-17(19-11-3-4-12-19)15-5-1-2-6-16(15)18-26(24,25)14-9-7-13(8-10-14)20(22)23/h1-2,5-10,18H,3-4,11-12H2. The molecular weight excluding hydrogens is 358 g/mol. The van der Waals surface area contributed by atoms with Crippen LogP contribution in [0.3, 0.4) is 0 Å². The fraction of sp³-hybridized carbons (Fsp3) is 0.235. The SMILES string of the molecule is O=C(c1ccccc1NS(=O)(=O)c1ccc([N+](=O)[O-])cc1)N1CCCC1. The van der Waals surface area contributed by atoms with E-state index >= 15 is 0 Å². The van der Waals surface area contributed by atoms with Crippen LogP contribution in [0.5, 0.6) is 0 Å². The van der Waals surface area contributed by atoms with Gasteiger partial charge in [-0.05, 0) is 37.1 Å². The Balaban J connectivity index is 1.88. The maximum atomic E-state index is 12.6. The zero-order chi connectivity index (χ0) is 18.7. The molecule has 2 aromatic rings. The number of rotatable bonds is 5. The highest BCUT2D eigenvalue weighted by Crippen LogP contribution is 2.24. The number of carbonyl (C=O) groups is 1. The van der Waals surface area contributed by atoms with Gasteiger partial charge in [0.05, 0.1) is 21.1 Å². The number of amides is 1. The molecule has 0 radical (unpaired) electrons. The van der Waals surface area contributed by atoms with Crippen LogP contribution in [0.15, 0.2) is 53.4 Å². The first-order valence-electron chi connectivity index (χ1n) is 8.04. The van der Waals surface area contributed by atoms with Crippen molar-refractivity contribution in [3.05, 3.63) is 64.2 Å². The molecule has 2 aromatic carbocycles. The number of nitrogens with one attached hydrogen (secondary N) is 1. The molecule has 1 N–H and O–H groups in total. The summed E-state index contributed by atoms with van der Waals surface area (Å²) in [5.41, 5.74) is 0.260. The lowest BCUT2D eigenvalue weighted by molar-refractivity contribution is -0.384. The second kappa shape index (κ2) is 7.12. The van der Waals surface area contributed by atoms with Gasteiger partial charge in [-0.2, -0.15) is 0 Å². The van der Waals surface area contributed by atoms with Gasteiger partial charge in [0, 0.05) is 25.2 Å². The van der Waals surface area contributed by atoms with Crippen LogP contribution in [-0.2, 0) is 10.0 Å². The predicted molar refractivity (Wildman–Crippen MR) is 95.5 cm³/mol. The lowest BCUT2D eigenvalue weighted by atomic mass is 10.1. The van der Waals surface area contributed by atoms with Crippen molar-refractivity contribution in [1.82, 2.24) is 4.90 Å². The number of hydrogen-bond donors (Lipinski definition) is 1. The molecule has 3 rings (SSSR count). The molecule has 0 unspecified atom stereocenters. The van der Waals surface area contributed by atoms with Gasteiger partial charge in [-0.25, -0.2) is 8.42 Å². The van der Waals surface area contributed by atoms with Gasteiger partial charge in [-0.1, -0.05) is 12.1 Å². The third kappa shape index (κ3) is 3.67. The van der Waals surface area contributed by atoms with E-state index in [0.29, 0.717) is 13.1 Å². The molecule has 1 heterocycles. The minimum Gasteiger partial charge on any atom is -0.339 e. The van der Waals surface area contributed by atoms with Crippen molar-refractivity contribution < 1.29 is 18.1 Å². The highest BCUT2D eigenvalue weighted by atomic mass is 32.2. The molecule has 0 saturated carbocycles. The van der Waals surface area contributed by atoms with Crippen molar-refractivity contribution in [3.8, 4) is 0 Å². The van der Waals surface area contributed by atoms with Gasteiger partial charge in [0.1, 0.15) is 0 Å². The maximum Gasteiger partial charge on any atom is 0.269 e. The minimum atomic E-state index is -3.98. The topological polar surface area (TPSA) is 110 Å². The summed E-state index contributed by atoms with van der Waals surface area (Å²) in [6.45, 7) is 1.31. The fourth-order valence-electron chi connectivity index (χ4n) is 2.80. The molecule has 1 fully saturated rings. The van der Waals surface area contributed by atoms with Crippen LogP contribution in [0.4, 0.5) is 11.4 Å². The minimum absolute atomic E-state index is 0.119. The third-order valence-corrected chi connectivity index (χ3v) is 5.53. The van der Waals surface area contributed by atoms with Gasteiger partial charge in [-0.15, -0.1) is 0 Å². The van der Waals surface area contributed by atoms with Gasteiger partial charge >= 0.3 is 0 Å². The van der Waals surface area contributed by atoms with Crippen LogP contribution in [-0.4, -0.2) is 37.2 Å². The molecule has 0 atom stereocenters. The zero-order valence-corrected chi connectivity index (χ0v) is 14.6. The lowest BCUT2D eigenvalue weighted by Crippen LogP contribution is -2.28. The Kier molecular flexibility index (Phi) is 4.90. The van der Waals surface area contributed by atoms with Gasteiger partial charge in [-0.3, -0.25) is 19.6 Å². The number of benzene rings is 2. The average molecular weight is 375 g/mol. The molecule has 9 heteroatoms. The molecule has 0 aromatic heterocycles. The van der Waals surface area contributed by atoms with Crippen LogP contribution in [0.2, 0.25) is 0 Å². The van der Waals surface area contributed by atoms with Crippen molar-refractivity contribution in [2.24, 2.45) is 0 Å². The van der Waals surface area contributed by atoms with E-state index in [1.54, 1.807) is 23.1 Å². The number of anilines is 1. The first kappa shape index (κ1) is 17.9. The number of carbonyl (C=O) groups excluding carboxylic acids is 1. The van der Waals surface area contributed by atoms with Crippen LogP contribution < -0.4 is 4.72 Å². The smallest absolute Gasteiger partial charge is 0.269 e. The van der Waals surface area contributed by atoms with E-state index in [1.165, 1.54) is 6.07 Å². The first-order valence-corrected chi connectivity index (χ1v) is 9.52. The molecule has 1 aliphatic rings. The number of nitro benzene ring substituents is 1. The predicted octanol–water partition coefficient (Wildman–Crippen LogP) is 2.63. The maximum absolute atomic E-state index is 12.6. The summed E-state index contributed by atoms with van der Waals surface area (Å²) in [5, 5.41) is 10.7. The second-order valence-electron chi connectivity index (χ2n) is 5.90. The van der Waals surface area contributed by atoms with Crippen LogP contribution >= 0.6 is 0 Å². The van der Waals surface area contributed by atoms with Crippen LogP contribution in [0.25, 0.3) is 0 Å². The van der Waals surface area contributed by atoms with Crippen LogP contribution in [0, 0.1) is 10.1 Å². The molecule has 0 spiro atoms. The van der Waals surface area contributed by atoms with Gasteiger partial charge < -0.3 is 4.90 Å². The normalized spacial score (nSPS) is 14.2. The van der Waals surface area contributed by atoms with E-state index in [9.17, 15) is 23.3 Å². The van der Waals surface area contributed by atoms with Gasteiger partial charge in [0.15, 0.2) is 0 Å². The monoisotopic (exact) mass is 375 g/mol. The van der Waals surface area contributed by atoms with Crippen molar-refractivity contribution in [1.29, 1.82) is 0 Å². The summed E-state index contributed by atoms with van der Waals surface area (Å²) in [5.74, 6) is -0.218. The molecule has 1 aliphatic heterocycles. The van der Waals surface area contributed by atoms with E-state index in [4.69, 9.17) is 0 Å². The van der Waals surface area contributed by atoms with E-state index in [1.807, 2.05) is 0 Å². The number of hydrogen-bond acceptors (Lipinski definition) is 5. The van der Waals surface area contributed by atoms with E-state index in [2.05, 4.69) is 4.72 Å². The number of nitro groups is 1. The largest absolute Gasteiger partial charge is 0.339 e. The molecular formula is C17H17N3O5S. The number of nitrogens with zero attached hydrogens (tertiary/aromatic N) is 2. The molecule has 26 heavy (non-hydrogen) atoms. The Bertz CT molecular complexity index is 935. The van der Waals surface area contributed by atoms with Gasteiger partial charge in [0.25, 0.3) is 21.6 Å². The summed E-state index contributed by atoms with van der Waals surface area (Å²) < 4.78 is 27.6. The van der Waals surface area contributed by atoms with Gasteiger partial charge in [0.2, 0.25) is 0 Å². The van der Waals surface area contributed by atoms with Crippen molar-refractivity contribution in [2.45, 2.75) is 17.7 Å². The number of likely N-dealkylation sites (tertiary alicyclic amines) is 1. The molecule has 136 valence electrons. The first-order chi connectivity index (χ1) is 12.4. The van der Waals surface area contributed by atoms with E-state index < -0.39 is 14.9 Å². The Morgan fingerprint density at radius 1 is 1.04 bits per heavy atom. The quantitative estimate of drug-likeness (QED) is 0.638. The number of non-ortho nitro benzene ring substituents is 1. The summed E-state index contributed by atoms with van der Waals surface area (Å²) in [4.78, 5) is 24.3. The van der Waals surface area contributed by atoms with E-state index in [0.717, 1.165) is 37.1 Å². The Hall–Kier alpha value is -2.94. The van der Waals surface area contributed by atoms with Crippen LogP contribution in [0.1, 0.15) is 23.2 Å². The molecule has 0 aliphatic carbocycles.